The summed E-state index contributed by atoms with van der Waals surface area (Å²) < 4.78 is 18.2. The van der Waals surface area contributed by atoms with Crippen LogP contribution in [0.3, 0.4) is 0 Å². The van der Waals surface area contributed by atoms with E-state index < -0.39 is 11.9 Å². The Hall–Kier alpha value is -1.91. The number of pyridine rings is 1. The smallest absolute Gasteiger partial charge is 0.330 e. The first-order valence-electron chi connectivity index (χ1n) is 5.88. The van der Waals surface area contributed by atoms with E-state index in [2.05, 4.69) is 14.6 Å². The molecule has 0 saturated carbocycles. The summed E-state index contributed by atoms with van der Waals surface area (Å²) in [5.41, 5.74) is 0.281. The number of ether oxygens (including phenoxy) is 1. The van der Waals surface area contributed by atoms with Crippen LogP contribution in [-0.2, 0) is 9.53 Å². The predicted molar refractivity (Wildman–Crippen MR) is 66.7 cm³/mol. The van der Waals surface area contributed by atoms with E-state index in [1.807, 2.05) is 0 Å². The Morgan fingerprint density at radius 1 is 1.44 bits per heavy atom. The number of halogens is 1. The fourth-order valence-electron chi connectivity index (χ4n) is 1.91. The third kappa shape index (κ3) is 2.85. The quantitative estimate of drug-likeness (QED) is 0.467. The summed E-state index contributed by atoms with van der Waals surface area (Å²) in [5, 5.41) is 0. The van der Waals surface area contributed by atoms with Crippen LogP contribution in [0.25, 0.3) is 6.08 Å². The first-order chi connectivity index (χ1) is 8.70. The van der Waals surface area contributed by atoms with Crippen molar-refractivity contribution in [1.29, 1.82) is 0 Å². The Morgan fingerprint density at radius 2 is 2.17 bits per heavy atom. The fourth-order valence-corrected chi connectivity index (χ4v) is 1.91. The Balaban J connectivity index is 2.14. The van der Waals surface area contributed by atoms with E-state index in [9.17, 15) is 9.18 Å². The van der Waals surface area contributed by atoms with Crippen LogP contribution in [-0.4, -0.2) is 31.2 Å². The monoisotopic (exact) mass is 250 g/mol. The molecule has 18 heavy (non-hydrogen) atoms. The normalized spacial score (nSPS) is 15.3. The van der Waals surface area contributed by atoms with E-state index >= 15 is 0 Å². The summed E-state index contributed by atoms with van der Waals surface area (Å²) in [4.78, 5) is 16.9. The standard InChI is InChI=1S/C13H15FN2O2/c1-18-12(17)7-5-10-4-6-11(15-13(10)14)16-8-2-3-9-16/h4-7H,2-3,8-9H2,1H3/b7-5+. The summed E-state index contributed by atoms with van der Waals surface area (Å²) in [5.74, 6) is -0.433. The molecule has 0 aliphatic carbocycles. The number of carbonyl (C=O) groups is 1. The van der Waals surface area contributed by atoms with Gasteiger partial charge in [-0.05, 0) is 31.1 Å². The van der Waals surface area contributed by atoms with Gasteiger partial charge in [0.15, 0.2) is 0 Å². The minimum absolute atomic E-state index is 0.281. The minimum atomic E-state index is -0.570. The molecule has 0 spiro atoms. The van der Waals surface area contributed by atoms with Gasteiger partial charge in [0.25, 0.3) is 0 Å². The molecule has 1 saturated heterocycles. The molecule has 1 fully saturated rings. The lowest BCUT2D eigenvalue weighted by Gasteiger charge is -2.16. The van der Waals surface area contributed by atoms with Gasteiger partial charge in [0.2, 0.25) is 5.95 Å². The zero-order valence-electron chi connectivity index (χ0n) is 10.2. The van der Waals surface area contributed by atoms with Gasteiger partial charge in [-0.25, -0.2) is 9.78 Å². The molecule has 2 rings (SSSR count). The maximum atomic E-state index is 13.7. The van der Waals surface area contributed by atoms with Crippen LogP contribution in [0, 0.1) is 5.95 Å². The van der Waals surface area contributed by atoms with Crippen LogP contribution in [0.4, 0.5) is 10.2 Å². The number of esters is 1. The minimum Gasteiger partial charge on any atom is -0.466 e. The fraction of sp³-hybridized carbons (Fsp3) is 0.385. The van der Waals surface area contributed by atoms with Gasteiger partial charge in [0.05, 0.1) is 7.11 Å². The molecular weight excluding hydrogens is 235 g/mol. The molecule has 1 aliphatic rings. The van der Waals surface area contributed by atoms with Gasteiger partial charge in [-0.2, -0.15) is 4.39 Å². The number of hydrogen-bond acceptors (Lipinski definition) is 4. The van der Waals surface area contributed by atoms with E-state index in [4.69, 9.17) is 0 Å². The Kier molecular flexibility index (Phi) is 3.92. The van der Waals surface area contributed by atoms with Crippen molar-refractivity contribution in [3.8, 4) is 0 Å². The zero-order chi connectivity index (χ0) is 13.0. The Labute approximate surface area is 105 Å². The van der Waals surface area contributed by atoms with E-state index in [1.54, 1.807) is 12.1 Å². The lowest BCUT2D eigenvalue weighted by molar-refractivity contribution is -0.134. The third-order valence-corrected chi connectivity index (χ3v) is 2.89. The molecule has 1 aromatic heterocycles. The van der Waals surface area contributed by atoms with Crippen LogP contribution in [0.2, 0.25) is 0 Å². The first-order valence-corrected chi connectivity index (χ1v) is 5.88. The summed E-state index contributed by atoms with van der Waals surface area (Å²) >= 11 is 0. The molecule has 2 heterocycles. The molecule has 0 amide bonds. The molecule has 1 aromatic rings. The molecule has 0 aromatic carbocycles. The van der Waals surface area contributed by atoms with Gasteiger partial charge < -0.3 is 9.64 Å². The number of hydrogen-bond donors (Lipinski definition) is 0. The molecule has 0 unspecified atom stereocenters. The summed E-state index contributed by atoms with van der Waals surface area (Å²) in [6, 6.07) is 3.39. The van der Waals surface area contributed by atoms with Crippen molar-refractivity contribution in [3.05, 3.63) is 29.7 Å². The summed E-state index contributed by atoms with van der Waals surface area (Å²) in [6.07, 6.45) is 4.78. The molecule has 0 bridgehead atoms. The average molecular weight is 250 g/mol. The Morgan fingerprint density at radius 3 is 2.78 bits per heavy atom. The summed E-state index contributed by atoms with van der Waals surface area (Å²) in [7, 11) is 1.28. The maximum absolute atomic E-state index is 13.7. The largest absolute Gasteiger partial charge is 0.466 e. The van der Waals surface area contributed by atoms with Crippen LogP contribution >= 0.6 is 0 Å². The van der Waals surface area contributed by atoms with Crippen LogP contribution in [0.1, 0.15) is 18.4 Å². The van der Waals surface area contributed by atoms with Crippen molar-refractivity contribution >= 4 is 17.9 Å². The number of methoxy groups -OCH3 is 1. The van der Waals surface area contributed by atoms with Crippen LogP contribution in [0.15, 0.2) is 18.2 Å². The molecule has 1 aliphatic heterocycles. The van der Waals surface area contributed by atoms with Crippen LogP contribution in [0.5, 0.6) is 0 Å². The second-order valence-corrected chi connectivity index (χ2v) is 4.10. The van der Waals surface area contributed by atoms with Crippen molar-refractivity contribution in [2.75, 3.05) is 25.1 Å². The SMILES string of the molecule is COC(=O)/C=C/c1ccc(N2CCCC2)nc1F. The highest BCUT2D eigenvalue weighted by Crippen LogP contribution is 2.19. The molecule has 0 radical (unpaired) electrons. The van der Waals surface area contributed by atoms with Crippen molar-refractivity contribution in [1.82, 2.24) is 4.98 Å². The van der Waals surface area contributed by atoms with Crippen molar-refractivity contribution in [2.24, 2.45) is 0 Å². The van der Waals surface area contributed by atoms with E-state index in [-0.39, 0.29) is 5.56 Å². The molecule has 96 valence electrons. The van der Waals surface area contributed by atoms with Gasteiger partial charge in [-0.15, -0.1) is 0 Å². The van der Waals surface area contributed by atoms with Gasteiger partial charge in [0, 0.05) is 24.7 Å². The van der Waals surface area contributed by atoms with Crippen molar-refractivity contribution in [3.63, 3.8) is 0 Å². The lowest BCUT2D eigenvalue weighted by Crippen LogP contribution is -2.19. The number of carbonyl (C=O) groups excluding carboxylic acids is 1. The van der Waals surface area contributed by atoms with Crippen LogP contribution < -0.4 is 4.90 Å². The molecule has 5 heteroatoms. The second-order valence-electron chi connectivity index (χ2n) is 4.10. The van der Waals surface area contributed by atoms with Crippen molar-refractivity contribution < 1.29 is 13.9 Å². The number of rotatable bonds is 3. The average Bonchev–Trinajstić information content (AvgIpc) is 2.90. The van der Waals surface area contributed by atoms with Gasteiger partial charge >= 0.3 is 5.97 Å². The number of anilines is 1. The lowest BCUT2D eigenvalue weighted by atomic mass is 10.2. The van der Waals surface area contributed by atoms with Gasteiger partial charge in [-0.1, -0.05) is 0 Å². The van der Waals surface area contributed by atoms with Crippen molar-refractivity contribution in [2.45, 2.75) is 12.8 Å². The van der Waals surface area contributed by atoms with Gasteiger partial charge in [-0.3, -0.25) is 0 Å². The highest BCUT2D eigenvalue weighted by atomic mass is 19.1. The van der Waals surface area contributed by atoms with E-state index in [0.29, 0.717) is 5.82 Å². The highest BCUT2D eigenvalue weighted by Gasteiger charge is 2.14. The predicted octanol–water partition coefficient (Wildman–Crippen LogP) is 2.01. The zero-order valence-corrected chi connectivity index (χ0v) is 10.2. The molecular formula is C13H15FN2O2. The third-order valence-electron chi connectivity index (χ3n) is 2.89. The maximum Gasteiger partial charge on any atom is 0.330 e. The Bertz CT molecular complexity index is 468. The summed E-state index contributed by atoms with van der Waals surface area (Å²) in [6.45, 7) is 1.84. The highest BCUT2D eigenvalue weighted by molar-refractivity contribution is 5.86. The molecule has 0 N–H and O–H groups in total. The topological polar surface area (TPSA) is 42.4 Å². The van der Waals surface area contributed by atoms with E-state index in [1.165, 1.54) is 19.3 Å². The second kappa shape index (κ2) is 5.62. The van der Waals surface area contributed by atoms with Gasteiger partial charge in [0.1, 0.15) is 5.82 Å². The molecule has 4 nitrogen and oxygen atoms in total. The molecule has 0 atom stereocenters. The first kappa shape index (κ1) is 12.5. The number of aromatic nitrogens is 1. The number of nitrogens with zero attached hydrogens (tertiary/aromatic N) is 2. The van der Waals surface area contributed by atoms with E-state index in [0.717, 1.165) is 25.9 Å².